The number of aromatic nitrogens is 8. The molecule has 0 aliphatic heterocycles. The Hall–Kier alpha value is -9.90. The SMILES string of the molecule is CC#N.CC#N.F[B-](F)(F)F.F[B-](F)(F)F.Fc1ccc(N=C[N-]c2ccc(F)cc2)cc1.Fc1ccc(N=C[N-]c2ccc(F)cc2)cc1.[Rh+2].[Rh+2].c1cnc2c(c1)c1nccnc1c1cccnc12.c1cnc2c(c1)c1nccnc1c1cccnc12. The van der Waals surface area contributed by atoms with Gasteiger partial charge in [0.05, 0.1) is 56.3 Å². The standard InChI is InChI=1S/2C14H8N4.2C13H9F2N2.2C2H3N.2BF4.2Rh/c2*1-3-9-11(15-5-1)12-10(4-2-6-16-12)14-13(9)17-7-8-18-14;2*14-10-1-5-12(6-2-10)16-9-17-13-7-3-11(15)4-8-13;2*1-2-3;2*2-1(3,4)5;;/h2*1-8H;2*1-9H;2*1H3;;;;/q;;2*-1;;;2*-1;2*+2. The van der Waals surface area contributed by atoms with Crippen LogP contribution in [0.3, 0.4) is 0 Å². The number of hydrogen-bond donors (Lipinski definition) is 0. The zero-order valence-electron chi connectivity index (χ0n) is 45.2. The summed E-state index contributed by atoms with van der Waals surface area (Å²) in [5, 5.41) is 26.6. The van der Waals surface area contributed by atoms with Crippen LogP contribution in [0.1, 0.15) is 13.8 Å². The van der Waals surface area contributed by atoms with E-state index in [2.05, 4.69) is 60.5 Å². The summed E-state index contributed by atoms with van der Waals surface area (Å²) in [6.07, 6.45) is 16.6. The van der Waals surface area contributed by atoms with Crippen molar-refractivity contribution >= 4 is 116 Å². The summed E-state index contributed by atoms with van der Waals surface area (Å²) in [5.41, 5.74) is 9.44. The van der Waals surface area contributed by atoms with E-state index in [0.717, 1.165) is 65.7 Å². The summed E-state index contributed by atoms with van der Waals surface area (Å²) in [4.78, 5) is 43.5. The van der Waals surface area contributed by atoms with E-state index in [1.807, 2.05) is 48.5 Å². The molecule has 6 aromatic heterocycles. The van der Waals surface area contributed by atoms with E-state index in [0.29, 0.717) is 22.7 Å². The number of pyridine rings is 4. The van der Waals surface area contributed by atoms with Gasteiger partial charge in [-0.05, 0) is 120 Å². The average molecular weight is 1390 g/mol. The predicted octanol–water partition coefficient (Wildman–Crippen LogP) is 17.8. The molecule has 6 heterocycles. The molecule has 30 heteroatoms. The number of benzene rings is 6. The first-order valence-corrected chi connectivity index (χ1v) is 24.5. The zero-order valence-corrected chi connectivity index (χ0v) is 48.5. The number of aliphatic imine (C=N–C) groups is 2. The average Bonchev–Trinajstić information content (AvgIpc) is 1.81. The van der Waals surface area contributed by atoms with Gasteiger partial charge in [0.1, 0.15) is 23.3 Å². The summed E-state index contributed by atoms with van der Waals surface area (Å²) < 4.78 is 128. The number of nitrogens with zero attached hydrogens (tertiary/aromatic N) is 14. The van der Waals surface area contributed by atoms with Crippen LogP contribution in [0.15, 0.2) is 205 Å². The Labute approximate surface area is 519 Å². The van der Waals surface area contributed by atoms with Crippen molar-refractivity contribution in [2.24, 2.45) is 9.98 Å². The van der Waals surface area contributed by atoms with E-state index in [1.54, 1.807) is 110 Å². The molecule has 0 spiro atoms. The summed E-state index contributed by atoms with van der Waals surface area (Å²) in [6, 6.07) is 42.1. The van der Waals surface area contributed by atoms with Crippen molar-refractivity contribution in [1.82, 2.24) is 39.9 Å². The number of nitriles is 2. The van der Waals surface area contributed by atoms with Crippen LogP contribution in [0.2, 0.25) is 0 Å². The molecule has 0 fully saturated rings. The molecule has 0 amide bonds. The Kier molecular flexibility index (Phi) is 30.3. The molecule has 0 saturated heterocycles. The van der Waals surface area contributed by atoms with E-state index in [4.69, 9.17) is 10.5 Å². The topological polar surface area (TPSA) is 204 Å². The monoisotopic (exact) mass is 1390 g/mol. The molecule has 12 aromatic rings. The number of hydrogen-bond acceptors (Lipinski definition) is 12. The Morgan fingerprint density at radius 1 is 0.341 bits per heavy atom. The number of fused-ring (bicyclic) bond motifs is 12. The van der Waals surface area contributed by atoms with E-state index in [-0.39, 0.29) is 62.2 Å². The van der Waals surface area contributed by atoms with Crippen LogP contribution >= 0.6 is 0 Å². The normalized spacial score (nSPS) is 10.3. The molecule has 2 radical (unpaired) electrons. The van der Waals surface area contributed by atoms with E-state index >= 15 is 0 Å². The molecule has 0 unspecified atom stereocenters. The third-order valence-corrected chi connectivity index (χ3v) is 10.2. The molecule has 6 aromatic carbocycles. The van der Waals surface area contributed by atoms with Crippen molar-refractivity contribution in [2.45, 2.75) is 13.8 Å². The van der Waals surface area contributed by atoms with Gasteiger partial charge in [0.25, 0.3) is 0 Å². The van der Waals surface area contributed by atoms with E-state index in [9.17, 15) is 52.1 Å². The van der Waals surface area contributed by atoms with Gasteiger partial charge >= 0.3 is 53.5 Å². The van der Waals surface area contributed by atoms with E-state index in [1.165, 1.54) is 75.1 Å². The maximum Gasteiger partial charge on any atom is 2.00 e. The van der Waals surface area contributed by atoms with Gasteiger partial charge in [0, 0.05) is 85.0 Å². The zero-order chi connectivity index (χ0) is 62.5. The molecule has 0 bridgehead atoms. The quantitative estimate of drug-likeness (QED) is 0.0506. The molecule has 0 N–H and O–H groups in total. The molecule has 0 saturated carbocycles. The molecule has 14 nitrogen and oxygen atoms in total. The molecule has 12 rings (SSSR count). The second kappa shape index (κ2) is 36.8. The van der Waals surface area contributed by atoms with Gasteiger partial charge in [-0.15, -0.1) is 0 Å². The van der Waals surface area contributed by atoms with Gasteiger partial charge < -0.3 is 55.1 Å². The first-order chi connectivity index (χ1) is 41.2. The molecule has 88 heavy (non-hydrogen) atoms. The molecule has 0 aliphatic carbocycles. The van der Waals surface area contributed by atoms with Gasteiger partial charge in [0.2, 0.25) is 0 Å². The maximum atomic E-state index is 12.6. The van der Waals surface area contributed by atoms with Crippen LogP contribution in [-0.4, -0.2) is 67.1 Å². The maximum absolute atomic E-state index is 12.6. The van der Waals surface area contributed by atoms with Crippen LogP contribution in [0.25, 0.3) is 76.3 Å². The Balaban J connectivity index is 0.000000281. The minimum absolute atomic E-state index is 0. The van der Waals surface area contributed by atoms with Crippen molar-refractivity contribution in [2.75, 3.05) is 0 Å². The number of halogens is 12. The Morgan fingerprint density at radius 2 is 0.523 bits per heavy atom. The molecular weight excluding hydrogens is 1350 g/mol. The van der Waals surface area contributed by atoms with E-state index < -0.39 is 14.5 Å². The van der Waals surface area contributed by atoms with Gasteiger partial charge in [-0.3, -0.25) is 39.9 Å². The molecule has 0 atom stereocenters. The predicted molar refractivity (Wildman–Crippen MR) is 311 cm³/mol. The molecule has 450 valence electrons. The smallest absolute Gasteiger partial charge is 0.443 e. The van der Waals surface area contributed by atoms with Crippen molar-refractivity contribution in [3.63, 3.8) is 0 Å². The minimum atomic E-state index is -6.00. The Morgan fingerprint density at radius 3 is 0.727 bits per heavy atom. The summed E-state index contributed by atoms with van der Waals surface area (Å²) >= 11 is 0. The van der Waals surface area contributed by atoms with Gasteiger partial charge in [-0.25, -0.2) is 17.6 Å². The molecule has 0 aliphatic rings. The van der Waals surface area contributed by atoms with Crippen molar-refractivity contribution in [3.05, 3.63) is 229 Å². The minimum Gasteiger partial charge on any atom is -0.443 e. The number of rotatable bonds is 6. The van der Waals surface area contributed by atoms with Crippen molar-refractivity contribution in [3.8, 4) is 12.1 Å². The van der Waals surface area contributed by atoms with Crippen molar-refractivity contribution in [1.29, 1.82) is 10.5 Å². The third kappa shape index (κ3) is 24.6. The first-order valence-electron chi connectivity index (χ1n) is 24.5. The van der Waals surface area contributed by atoms with Gasteiger partial charge in [-0.2, -0.15) is 10.5 Å². The van der Waals surface area contributed by atoms with Crippen LogP contribution in [0.4, 0.5) is 74.8 Å². The summed E-state index contributed by atoms with van der Waals surface area (Å²) in [5.74, 6) is -1.22. The second-order valence-electron chi connectivity index (χ2n) is 16.2. The van der Waals surface area contributed by atoms with Crippen LogP contribution in [-0.2, 0) is 39.0 Å². The first kappa shape index (κ1) is 72.4. The fraction of sp³-hybridized carbons (Fsp3) is 0.0345. The Bertz CT molecular complexity index is 3520. The van der Waals surface area contributed by atoms with Crippen LogP contribution in [0, 0.1) is 45.9 Å². The van der Waals surface area contributed by atoms with Crippen LogP contribution in [0.5, 0.6) is 0 Å². The summed E-state index contributed by atoms with van der Waals surface area (Å²) in [7, 11) is -12.0. The third-order valence-electron chi connectivity index (χ3n) is 10.2. The van der Waals surface area contributed by atoms with Crippen LogP contribution < -0.4 is 0 Å². The fourth-order valence-electron chi connectivity index (χ4n) is 7.04. The largest absolute Gasteiger partial charge is 2.00 e. The second-order valence-corrected chi connectivity index (χ2v) is 16.2. The molecular formula is C58H40B2F12N14Rh2. The van der Waals surface area contributed by atoms with Crippen molar-refractivity contribution < 1.29 is 91.0 Å². The fourth-order valence-corrected chi connectivity index (χ4v) is 7.04. The summed E-state index contributed by atoms with van der Waals surface area (Å²) in [6.45, 7) is 2.86. The van der Waals surface area contributed by atoms with Gasteiger partial charge in [-0.1, -0.05) is 61.2 Å². The van der Waals surface area contributed by atoms with Gasteiger partial charge in [0.15, 0.2) is 0 Å².